The zero-order valence-corrected chi connectivity index (χ0v) is 17.8. The fourth-order valence-electron chi connectivity index (χ4n) is 2.81. The number of thiocarbonyl (C=S) groups is 1. The fraction of sp³-hybridized carbons (Fsp3) is 0.227. The molecule has 3 rings (SSSR count). The van der Waals surface area contributed by atoms with Crippen LogP contribution in [0.2, 0.25) is 0 Å². The number of aryl methyl sites for hydroxylation is 1. The second-order valence-electron chi connectivity index (χ2n) is 7.82. The molecule has 0 radical (unpaired) electrons. The van der Waals surface area contributed by atoms with Crippen LogP contribution in [0.1, 0.15) is 36.7 Å². The topological polar surface area (TPSA) is 71.0 Å². The molecule has 0 aliphatic heterocycles. The van der Waals surface area contributed by atoms with Gasteiger partial charge in [0.2, 0.25) is 0 Å². The number of nitrogens with one attached hydrogen (secondary N) is 3. The summed E-state index contributed by atoms with van der Waals surface area (Å²) in [6.45, 7) is 7.98. The number of benzene rings is 2. The predicted molar refractivity (Wildman–Crippen MR) is 120 cm³/mol. The first-order valence-electron chi connectivity index (χ1n) is 9.33. The third kappa shape index (κ3) is 5.42. The van der Waals surface area contributed by atoms with E-state index in [0.29, 0.717) is 16.4 Å². The quantitative estimate of drug-likeness (QED) is 0.456. The van der Waals surface area contributed by atoms with Crippen molar-refractivity contribution in [3.8, 4) is 16.9 Å². The summed E-state index contributed by atoms with van der Waals surface area (Å²) in [6, 6.07) is 17.6. The monoisotopic (exact) mass is 407 g/mol. The summed E-state index contributed by atoms with van der Waals surface area (Å²) >= 11 is 5.24. The zero-order chi connectivity index (χ0) is 21.0. The summed E-state index contributed by atoms with van der Waals surface area (Å²) < 4.78 is 1.71. The van der Waals surface area contributed by atoms with E-state index in [1.54, 1.807) is 10.9 Å². The molecule has 6 nitrogen and oxygen atoms in total. The largest absolute Gasteiger partial charge is 0.357 e. The van der Waals surface area contributed by atoms with Gasteiger partial charge in [-0.3, -0.25) is 15.6 Å². The molecule has 0 aliphatic rings. The summed E-state index contributed by atoms with van der Waals surface area (Å²) in [5.41, 5.74) is 9.11. The van der Waals surface area contributed by atoms with Crippen molar-refractivity contribution in [3.05, 3.63) is 71.9 Å². The van der Waals surface area contributed by atoms with E-state index < -0.39 is 0 Å². The van der Waals surface area contributed by atoms with Crippen molar-refractivity contribution in [2.24, 2.45) is 0 Å². The van der Waals surface area contributed by atoms with E-state index in [1.807, 2.05) is 82.3 Å². The molecule has 150 valence electrons. The molecule has 0 saturated carbocycles. The molecular weight excluding hydrogens is 382 g/mol. The van der Waals surface area contributed by atoms with Crippen LogP contribution in [-0.4, -0.2) is 26.3 Å². The number of para-hydroxylation sites is 1. The van der Waals surface area contributed by atoms with E-state index in [-0.39, 0.29) is 11.4 Å². The Balaban J connectivity index is 1.91. The molecule has 0 bridgehead atoms. The van der Waals surface area contributed by atoms with Crippen molar-refractivity contribution in [2.75, 3.05) is 0 Å². The van der Waals surface area contributed by atoms with Crippen LogP contribution in [0.25, 0.3) is 16.9 Å². The van der Waals surface area contributed by atoms with Crippen LogP contribution in [0.5, 0.6) is 0 Å². The lowest BCUT2D eigenvalue weighted by Crippen LogP contribution is -2.52. The van der Waals surface area contributed by atoms with Crippen molar-refractivity contribution in [1.29, 1.82) is 0 Å². The zero-order valence-electron chi connectivity index (χ0n) is 17.0. The lowest BCUT2D eigenvalue weighted by atomic mass is 10.1. The van der Waals surface area contributed by atoms with Gasteiger partial charge in [0.25, 0.3) is 5.91 Å². The molecule has 3 aromatic rings. The molecule has 0 unspecified atom stereocenters. The van der Waals surface area contributed by atoms with Gasteiger partial charge in [0.05, 0.1) is 11.3 Å². The van der Waals surface area contributed by atoms with Crippen LogP contribution in [0.15, 0.2) is 60.8 Å². The van der Waals surface area contributed by atoms with E-state index in [2.05, 4.69) is 21.3 Å². The van der Waals surface area contributed by atoms with Gasteiger partial charge in [-0.15, -0.1) is 0 Å². The van der Waals surface area contributed by atoms with Gasteiger partial charge in [0, 0.05) is 17.3 Å². The van der Waals surface area contributed by atoms with E-state index in [0.717, 1.165) is 16.8 Å². The highest BCUT2D eigenvalue weighted by molar-refractivity contribution is 7.80. The van der Waals surface area contributed by atoms with Crippen molar-refractivity contribution in [2.45, 2.75) is 33.2 Å². The van der Waals surface area contributed by atoms with Crippen LogP contribution < -0.4 is 16.2 Å². The summed E-state index contributed by atoms with van der Waals surface area (Å²) in [6.07, 6.45) is 1.73. The Hall–Kier alpha value is -3.19. The molecule has 1 amide bonds. The first kappa shape index (κ1) is 20.5. The minimum Gasteiger partial charge on any atom is -0.357 e. The van der Waals surface area contributed by atoms with E-state index in [9.17, 15) is 4.79 Å². The van der Waals surface area contributed by atoms with Gasteiger partial charge in [-0.1, -0.05) is 42.0 Å². The molecule has 2 aromatic carbocycles. The number of hydrogen-bond donors (Lipinski definition) is 3. The number of hydrazine groups is 1. The lowest BCUT2D eigenvalue weighted by molar-refractivity contribution is 0.0944. The third-order valence-corrected chi connectivity index (χ3v) is 4.25. The van der Waals surface area contributed by atoms with Gasteiger partial charge in [0.1, 0.15) is 5.69 Å². The van der Waals surface area contributed by atoms with Crippen LogP contribution in [-0.2, 0) is 0 Å². The molecule has 1 heterocycles. The molecule has 1 aromatic heterocycles. The molecule has 0 fully saturated rings. The van der Waals surface area contributed by atoms with Crippen LogP contribution in [0.3, 0.4) is 0 Å². The number of carbonyl (C=O) groups excluding carboxylic acids is 1. The highest BCUT2D eigenvalue weighted by atomic mass is 32.1. The Morgan fingerprint density at radius 2 is 1.76 bits per heavy atom. The first-order valence-corrected chi connectivity index (χ1v) is 9.74. The maximum atomic E-state index is 12.9. The molecule has 0 saturated heterocycles. The maximum absolute atomic E-state index is 12.9. The van der Waals surface area contributed by atoms with Gasteiger partial charge < -0.3 is 5.32 Å². The average Bonchev–Trinajstić information content (AvgIpc) is 3.11. The molecule has 29 heavy (non-hydrogen) atoms. The van der Waals surface area contributed by atoms with E-state index >= 15 is 0 Å². The smallest absolute Gasteiger partial charge is 0.273 e. The van der Waals surface area contributed by atoms with E-state index in [4.69, 9.17) is 12.2 Å². The Bertz CT molecular complexity index is 1020. The van der Waals surface area contributed by atoms with Crippen molar-refractivity contribution >= 4 is 23.2 Å². The predicted octanol–water partition coefficient (Wildman–Crippen LogP) is 3.76. The Morgan fingerprint density at radius 1 is 1.03 bits per heavy atom. The molecule has 3 N–H and O–H groups in total. The second-order valence-corrected chi connectivity index (χ2v) is 8.23. The van der Waals surface area contributed by atoms with Crippen molar-refractivity contribution < 1.29 is 4.79 Å². The van der Waals surface area contributed by atoms with Crippen molar-refractivity contribution in [3.63, 3.8) is 0 Å². The van der Waals surface area contributed by atoms with Gasteiger partial charge >= 0.3 is 0 Å². The number of nitrogens with zero attached hydrogens (tertiary/aromatic N) is 2. The maximum Gasteiger partial charge on any atom is 0.273 e. The Labute approximate surface area is 176 Å². The van der Waals surface area contributed by atoms with Crippen molar-refractivity contribution in [1.82, 2.24) is 25.9 Å². The molecule has 7 heteroatoms. The average molecular weight is 408 g/mol. The summed E-state index contributed by atoms with van der Waals surface area (Å²) in [5.74, 6) is -0.318. The molecule has 0 aliphatic carbocycles. The van der Waals surface area contributed by atoms with E-state index in [1.165, 1.54) is 0 Å². The highest BCUT2D eigenvalue weighted by Gasteiger charge is 2.19. The number of amides is 1. The molecule has 0 spiro atoms. The van der Waals surface area contributed by atoms with Crippen LogP contribution in [0.4, 0.5) is 0 Å². The van der Waals surface area contributed by atoms with Crippen LogP contribution >= 0.6 is 12.2 Å². The number of hydrogen-bond acceptors (Lipinski definition) is 3. The van der Waals surface area contributed by atoms with Crippen LogP contribution in [0, 0.1) is 6.92 Å². The number of rotatable bonds is 3. The lowest BCUT2D eigenvalue weighted by Gasteiger charge is -2.23. The third-order valence-electron chi connectivity index (χ3n) is 4.05. The minimum atomic E-state index is -0.318. The summed E-state index contributed by atoms with van der Waals surface area (Å²) in [5, 5.41) is 8.12. The Morgan fingerprint density at radius 3 is 2.41 bits per heavy atom. The normalized spacial score (nSPS) is 11.0. The number of carbonyl (C=O) groups is 1. The summed E-state index contributed by atoms with van der Waals surface area (Å²) in [4.78, 5) is 12.9. The van der Waals surface area contributed by atoms with Gasteiger partial charge in [-0.05, 0) is 58.1 Å². The number of aromatic nitrogens is 2. The second kappa shape index (κ2) is 8.45. The summed E-state index contributed by atoms with van der Waals surface area (Å²) in [7, 11) is 0. The SMILES string of the molecule is Cc1cccc(-c2nn(-c3ccccc3)cc2C(=O)NNC(=S)NC(C)(C)C)c1. The van der Waals surface area contributed by atoms with Gasteiger partial charge in [0.15, 0.2) is 5.11 Å². The van der Waals surface area contributed by atoms with Gasteiger partial charge in [-0.2, -0.15) is 5.10 Å². The standard InChI is InChI=1S/C22H25N5OS/c1-15-9-8-10-16(13-15)19-18(14-27(26-19)17-11-6-5-7-12-17)20(28)24-25-21(29)23-22(2,3)4/h5-14H,1-4H3,(H,24,28)(H2,23,25,29). The first-order chi connectivity index (χ1) is 13.7. The Kier molecular flexibility index (Phi) is 5.98. The minimum absolute atomic E-state index is 0.209. The highest BCUT2D eigenvalue weighted by Crippen LogP contribution is 2.24. The molecule has 0 atom stereocenters. The van der Waals surface area contributed by atoms with Gasteiger partial charge in [-0.25, -0.2) is 4.68 Å². The fourth-order valence-corrected chi connectivity index (χ4v) is 3.17. The molecular formula is C22H25N5OS.